The molecule has 19 heavy (non-hydrogen) atoms. The highest BCUT2D eigenvalue weighted by Gasteiger charge is 2.31. The van der Waals surface area contributed by atoms with Crippen molar-refractivity contribution < 1.29 is 9.53 Å². The van der Waals surface area contributed by atoms with Crippen LogP contribution in [0.1, 0.15) is 37.5 Å². The van der Waals surface area contributed by atoms with Crippen LogP contribution in [0.5, 0.6) is 0 Å². The Morgan fingerprint density at radius 2 is 2.16 bits per heavy atom. The van der Waals surface area contributed by atoms with E-state index in [-0.39, 0.29) is 12.0 Å². The van der Waals surface area contributed by atoms with Crippen LogP contribution >= 0.6 is 0 Å². The monoisotopic (exact) mass is 261 g/mol. The van der Waals surface area contributed by atoms with Crippen LogP contribution in [0.3, 0.4) is 0 Å². The average molecular weight is 261 g/mol. The van der Waals surface area contributed by atoms with Gasteiger partial charge in [0.05, 0.1) is 25.0 Å². The Bertz CT molecular complexity index is 432. The molecule has 3 rings (SSSR count). The number of amides is 1. The molecule has 102 valence electrons. The number of hydrogen-bond acceptors (Lipinski definition) is 4. The summed E-state index contributed by atoms with van der Waals surface area (Å²) in [4.78, 5) is 22.7. The second-order valence-corrected chi connectivity index (χ2v) is 5.26. The summed E-state index contributed by atoms with van der Waals surface area (Å²) in [5, 5.41) is 0. The summed E-state index contributed by atoms with van der Waals surface area (Å²) in [5.74, 6) is 0.537. The molecule has 1 saturated heterocycles. The van der Waals surface area contributed by atoms with Crippen LogP contribution in [0, 0.1) is 5.92 Å². The molecule has 2 aliphatic rings. The van der Waals surface area contributed by atoms with Crippen molar-refractivity contribution in [2.75, 3.05) is 19.7 Å². The number of morpholine rings is 1. The van der Waals surface area contributed by atoms with E-state index in [2.05, 4.69) is 9.97 Å². The zero-order valence-electron chi connectivity index (χ0n) is 11.0. The highest BCUT2D eigenvalue weighted by atomic mass is 16.5. The Hall–Kier alpha value is -1.49. The van der Waals surface area contributed by atoms with Crippen molar-refractivity contribution in [3.8, 4) is 0 Å². The summed E-state index contributed by atoms with van der Waals surface area (Å²) in [7, 11) is 0. The molecule has 1 amide bonds. The Labute approximate surface area is 113 Å². The van der Waals surface area contributed by atoms with Crippen molar-refractivity contribution in [3.63, 3.8) is 0 Å². The van der Waals surface area contributed by atoms with Crippen LogP contribution < -0.4 is 0 Å². The van der Waals surface area contributed by atoms with E-state index in [1.54, 1.807) is 18.6 Å². The molecule has 1 atom stereocenters. The third-order valence-electron chi connectivity index (χ3n) is 4.00. The smallest absolute Gasteiger partial charge is 0.225 e. The molecular weight excluding hydrogens is 242 g/mol. The van der Waals surface area contributed by atoms with Gasteiger partial charge in [0.15, 0.2) is 0 Å². The fourth-order valence-corrected chi connectivity index (χ4v) is 2.94. The molecule has 0 bridgehead atoms. The first-order valence-corrected chi connectivity index (χ1v) is 7.01. The van der Waals surface area contributed by atoms with Crippen molar-refractivity contribution in [1.29, 1.82) is 0 Å². The van der Waals surface area contributed by atoms with Gasteiger partial charge in [-0.05, 0) is 12.8 Å². The second kappa shape index (κ2) is 5.65. The van der Waals surface area contributed by atoms with Gasteiger partial charge in [-0.15, -0.1) is 0 Å². The normalized spacial score (nSPS) is 24.6. The Balaban J connectivity index is 1.66. The fraction of sp³-hybridized carbons (Fsp3) is 0.643. The molecule has 1 unspecified atom stereocenters. The standard InChI is InChI=1S/C14H19N3O2/c18-14(11-3-1-2-4-11)17-7-8-19-13(10-17)12-9-15-5-6-16-12/h5-6,9,11,13H,1-4,7-8,10H2. The van der Waals surface area contributed by atoms with Gasteiger partial charge in [-0.1, -0.05) is 12.8 Å². The highest BCUT2D eigenvalue weighted by molar-refractivity contribution is 5.79. The zero-order chi connectivity index (χ0) is 13.1. The van der Waals surface area contributed by atoms with E-state index in [4.69, 9.17) is 4.74 Å². The maximum atomic E-state index is 12.4. The summed E-state index contributed by atoms with van der Waals surface area (Å²) < 4.78 is 5.71. The van der Waals surface area contributed by atoms with Crippen molar-refractivity contribution in [2.45, 2.75) is 31.8 Å². The lowest BCUT2D eigenvalue weighted by Crippen LogP contribution is -2.44. The van der Waals surface area contributed by atoms with Crippen LogP contribution in [0.15, 0.2) is 18.6 Å². The van der Waals surface area contributed by atoms with Gasteiger partial charge >= 0.3 is 0 Å². The van der Waals surface area contributed by atoms with Crippen LogP contribution in [-0.4, -0.2) is 40.5 Å². The molecule has 5 heteroatoms. The van der Waals surface area contributed by atoms with Gasteiger partial charge in [0.25, 0.3) is 0 Å². The number of carbonyl (C=O) groups excluding carboxylic acids is 1. The molecule has 0 radical (unpaired) electrons. The van der Waals surface area contributed by atoms with Gasteiger partial charge in [-0.25, -0.2) is 0 Å². The molecule has 1 saturated carbocycles. The fourth-order valence-electron chi connectivity index (χ4n) is 2.94. The average Bonchev–Trinajstić information content (AvgIpc) is 3.02. The van der Waals surface area contributed by atoms with Gasteiger partial charge in [0.2, 0.25) is 5.91 Å². The first-order chi connectivity index (χ1) is 9.34. The Morgan fingerprint density at radius 1 is 1.32 bits per heavy atom. The van der Waals surface area contributed by atoms with E-state index < -0.39 is 0 Å². The number of hydrogen-bond donors (Lipinski definition) is 0. The lowest BCUT2D eigenvalue weighted by atomic mass is 10.1. The van der Waals surface area contributed by atoms with Crippen molar-refractivity contribution >= 4 is 5.91 Å². The molecule has 2 fully saturated rings. The maximum absolute atomic E-state index is 12.4. The number of carbonyl (C=O) groups is 1. The van der Waals surface area contributed by atoms with E-state index in [0.717, 1.165) is 18.5 Å². The lowest BCUT2D eigenvalue weighted by molar-refractivity contribution is -0.143. The maximum Gasteiger partial charge on any atom is 0.225 e. The molecule has 0 N–H and O–H groups in total. The lowest BCUT2D eigenvalue weighted by Gasteiger charge is -2.34. The van der Waals surface area contributed by atoms with Gasteiger partial charge in [0, 0.05) is 24.9 Å². The SMILES string of the molecule is O=C(C1CCCC1)N1CCOC(c2cnccn2)C1. The quantitative estimate of drug-likeness (QED) is 0.811. The first kappa shape index (κ1) is 12.5. The van der Waals surface area contributed by atoms with E-state index >= 15 is 0 Å². The third-order valence-corrected chi connectivity index (χ3v) is 4.00. The van der Waals surface area contributed by atoms with E-state index in [9.17, 15) is 4.79 Å². The predicted molar refractivity (Wildman–Crippen MR) is 69.3 cm³/mol. The molecule has 0 spiro atoms. The second-order valence-electron chi connectivity index (χ2n) is 5.26. The summed E-state index contributed by atoms with van der Waals surface area (Å²) in [6.07, 6.45) is 9.37. The molecule has 0 aromatic carbocycles. The summed E-state index contributed by atoms with van der Waals surface area (Å²) in [6.45, 7) is 1.89. The van der Waals surface area contributed by atoms with Crippen molar-refractivity contribution in [1.82, 2.24) is 14.9 Å². The topological polar surface area (TPSA) is 55.3 Å². The summed E-state index contributed by atoms with van der Waals surface area (Å²) in [5.41, 5.74) is 0.812. The van der Waals surface area contributed by atoms with E-state index in [0.29, 0.717) is 25.6 Å². The Morgan fingerprint density at radius 3 is 2.89 bits per heavy atom. The largest absolute Gasteiger partial charge is 0.368 e. The first-order valence-electron chi connectivity index (χ1n) is 7.01. The molecule has 2 heterocycles. The predicted octanol–water partition coefficient (Wildman–Crippen LogP) is 1.57. The minimum absolute atomic E-state index is 0.132. The van der Waals surface area contributed by atoms with Gasteiger partial charge in [-0.2, -0.15) is 0 Å². The Kier molecular flexibility index (Phi) is 3.73. The van der Waals surface area contributed by atoms with Crippen LogP contribution in [-0.2, 0) is 9.53 Å². The van der Waals surface area contributed by atoms with E-state index in [1.807, 2.05) is 4.90 Å². The van der Waals surface area contributed by atoms with Gasteiger partial charge in [0.1, 0.15) is 6.10 Å². The van der Waals surface area contributed by atoms with Gasteiger partial charge in [-0.3, -0.25) is 14.8 Å². The molecule has 1 aliphatic carbocycles. The van der Waals surface area contributed by atoms with Crippen LogP contribution in [0.25, 0.3) is 0 Å². The minimum atomic E-state index is -0.132. The molecule has 1 aromatic heterocycles. The highest BCUT2D eigenvalue weighted by Crippen LogP contribution is 2.28. The summed E-state index contributed by atoms with van der Waals surface area (Å²) >= 11 is 0. The molecular formula is C14H19N3O2. The molecule has 1 aliphatic heterocycles. The summed E-state index contributed by atoms with van der Waals surface area (Å²) in [6, 6.07) is 0. The van der Waals surface area contributed by atoms with Crippen molar-refractivity contribution in [3.05, 3.63) is 24.3 Å². The van der Waals surface area contributed by atoms with Gasteiger partial charge < -0.3 is 9.64 Å². The third kappa shape index (κ3) is 2.76. The van der Waals surface area contributed by atoms with Crippen LogP contribution in [0.2, 0.25) is 0 Å². The van der Waals surface area contributed by atoms with Crippen molar-refractivity contribution in [2.24, 2.45) is 5.92 Å². The number of ether oxygens (including phenoxy) is 1. The van der Waals surface area contributed by atoms with E-state index in [1.165, 1.54) is 12.8 Å². The minimum Gasteiger partial charge on any atom is -0.368 e. The molecule has 5 nitrogen and oxygen atoms in total. The zero-order valence-corrected chi connectivity index (χ0v) is 11.0. The number of rotatable bonds is 2. The number of nitrogens with zero attached hydrogens (tertiary/aromatic N) is 3. The number of aromatic nitrogens is 2. The molecule has 1 aromatic rings. The van der Waals surface area contributed by atoms with Crippen LogP contribution in [0.4, 0.5) is 0 Å².